The standard InChI is InChI=1S/C16H16N2OS/c17-15(20)13-7-4-8-14(11-13)16(19)18-10-9-12-5-2-1-3-6-12/h1-8,11H,9-10H2,(H2,17,20)(H,18,19). The lowest BCUT2D eigenvalue weighted by molar-refractivity contribution is 0.0954. The van der Waals surface area contributed by atoms with Crippen molar-refractivity contribution < 1.29 is 4.79 Å². The number of benzene rings is 2. The van der Waals surface area contributed by atoms with Crippen molar-refractivity contribution in [3.8, 4) is 0 Å². The fourth-order valence-corrected chi connectivity index (χ4v) is 2.01. The highest BCUT2D eigenvalue weighted by molar-refractivity contribution is 7.80. The average molecular weight is 284 g/mol. The van der Waals surface area contributed by atoms with E-state index in [9.17, 15) is 4.79 Å². The Hall–Kier alpha value is -2.20. The predicted molar refractivity (Wildman–Crippen MR) is 84.8 cm³/mol. The Labute approximate surface area is 123 Å². The Balaban J connectivity index is 1.92. The molecule has 0 saturated heterocycles. The average Bonchev–Trinajstić information content (AvgIpc) is 2.48. The van der Waals surface area contributed by atoms with E-state index in [1.165, 1.54) is 5.56 Å². The number of carbonyl (C=O) groups is 1. The van der Waals surface area contributed by atoms with Gasteiger partial charge in [0.1, 0.15) is 4.99 Å². The zero-order valence-electron chi connectivity index (χ0n) is 11.0. The van der Waals surface area contributed by atoms with E-state index < -0.39 is 0 Å². The van der Waals surface area contributed by atoms with Crippen molar-refractivity contribution in [2.75, 3.05) is 6.54 Å². The molecule has 0 atom stereocenters. The Morgan fingerprint density at radius 2 is 1.75 bits per heavy atom. The first-order valence-corrected chi connectivity index (χ1v) is 6.79. The van der Waals surface area contributed by atoms with Gasteiger partial charge in [-0.15, -0.1) is 0 Å². The summed E-state index contributed by atoms with van der Waals surface area (Å²) < 4.78 is 0. The van der Waals surface area contributed by atoms with Crippen molar-refractivity contribution in [1.82, 2.24) is 5.32 Å². The summed E-state index contributed by atoms with van der Waals surface area (Å²) in [5, 5.41) is 2.89. The summed E-state index contributed by atoms with van der Waals surface area (Å²) in [7, 11) is 0. The van der Waals surface area contributed by atoms with Crippen molar-refractivity contribution in [1.29, 1.82) is 0 Å². The molecule has 102 valence electrons. The van der Waals surface area contributed by atoms with E-state index >= 15 is 0 Å². The van der Waals surface area contributed by atoms with Crippen LogP contribution < -0.4 is 11.1 Å². The SMILES string of the molecule is NC(=S)c1cccc(C(=O)NCCc2ccccc2)c1. The van der Waals surface area contributed by atoms with Gasteiger partial charge in [0.25, 0.3) is 5.91 Å². The number of rotatable bonds is 5. The number of amides is 1. The molecule has 0 radical (unpaired) electrons. The van der Waals surface area contributed by atoms with Crippen LogP contribution in [0.25, 0.3) is 0 Å². The molecule has 0 aliphatic heterocycles. The molecule has 0 aliphatic carbocycles. The second kappa shape index (κ2) is 6.82. The molecule has 0 heterocycles. The molecule has 3 N–H and O–H groups in total. The number of nitrogens with two attached hydrogens (primary N) is 1. The molecule has 2 aromatic carbocycles. The fourth-order valence-electron chi connectivity index (χ4n) is 1.88. The molecule has 0 bridgehead atoms. The van der Waals surface area contributed by atoms with E-state index in [2.05, 4.69) is 5.32 Å². The van der Waals surface area contributed by atoms with E-state index in [-0.39, 0.29) is 5.91 Å². The second-order valence-corrected chi connectivity index (χ2v) is 4.88. The van der Waals surface area contributed by atoms with Crippen LogP contribution in [-0.2, 0) is 6.42 Å². The van der Waals surface area contributed by atoms with Crippen molar-refractivity contribution >= 4 is 23.1 Å². The van der Waals surface area contributed by atoms with Gasteiger partial charge in [0.15, 0.2) is 0 Å². The maximum absolute atomic E-state index is 12.0. The highest BCUT2D eigenvalue weighted by atomic mass is 32.1. The van der Waals surface area contributed by atoms with Gasteiger partial charge in [0.2, 0.25) is 0 Å². The smallest absolute Gasteiger partial charge is 0.251 e. The number of thiocarbonyl (C=S) groups is 1. The summed E-state index contributed by atoms with van der Waals surface area (Å²) in [6.07, 6.45) is 0.807. The van der Waals surface area contributed by atoms with Gasteiger partial charge in [0.05, 0.1) is 0 Å². The third kappa shape index (κ3) is 3.90. The van der Waals surface area contributed by atoms with E-state index in [0.29, 0.717) is 22.7 Å². The number of hydrogen-bond donors (Lipinski definition) is 2. The Morgan fingerprint density at radius 3 is 2.45 bits per heavy atom. The molecule has 0 aromatic heterocycles. The summed E-state index contributed by atoms with van der Waals surface area (Å²) in [5.74, 6) is -0.112. The molecule has 0 unspecified atom stereocenters. The van der Waals surface area contributed by atoms with Gasteiger partial charge in [-0.25, -0.2) is 0 Å². The molecule has 1 amide bonds. The number of nitrogens with one attached hydrogen (secondary N) is 1. The number of hydrogen-bond acceptors (Lipinski definition) is 2. The lowest BCUT2D eigenvalue weighted by Crippen LogP contribution is -2.26. The minimum atomic E-state index is -0.112. The normalized spacial score (nSPS) is 10.0. The van der Waals surface area contributed by atoms with Gasteiger partial charge in [-0.05, 0) is 24.1 Å². The van der Waals surface area contributed by atoms with Crippen LogP contribution in [0, 0.1) is 0 Å². The van der Waals surface area contributed by atoms with Crippen molar-refractivity contribution in [2.45, 2.75) is 6.42 Å². The minimum absolute atomic E-state index is 0.112. The highest BCUT2D eigenvalue weighted by Gasteiger charge is 2.06. The fraction of sp³-hybridized carbons (Fsp3) is 0.125. The quantitative estimate of drug-likeness (QED) is 0.828. The molecule has 20 heavy (non-hydrogen) atoms. The first-order chi connectivity index (χ1) is 9.66. The molecule has 0 spiro atoms. The monoisotopic (exact) mass is 284 g/mol. The van der Waals surface area contributed by atoms with E-state index in [1.807, 2.05) is 30.3 Å². The van der Waals surface area contributed by atoms with Crippen LogP contribution in [-0.4, -0.2) is 17.4 Å². The maximum atomic E-state index is 12.0. The van der Waals surface area contributed by atoms with Crippen LogP contribution in [0.5, 0.6) is 0 Å². The molecule has 0 aliphatic rings. The Kier molecular flexibility index (Phi) is 4.85. The summed E-state index contributed by atoms with van der Waals surface area (Å²) in [6.45, 7) is 0.597. The summed E-state index contributed by atoms with van der Waals surface area (Å²) >= 11 is 4.91. The van der Waals surface area contributed by atoms with Crippen molar-refractivity contribution in [3.05, 3.63) is 71.3 Å². The van der Waals surface area contributed by atoms with Crippen LogP contribution >= 0.6 is 12.2 Å². The second-order valence-electron chi connectivity index (χ2n) is 4.44. The number of carbonyl (C=O) groups excluding carboxylic acids is 1. The molecule has 2 aromatic rings. The third-order valence-corrected chi connectivity index (χ3v) is 3.19. The zero-order valence-corrected chi connectivity index (χ0v) is 11.8. The Morgan fingerprint density at radius 1 is 1.05 bits per heavy atom. The largest absolute Gasteiger partial charge is 0.389 e. The van der Waals surface area contributed by atoms with Gasteiger partial charge in [-0.2, -0.15) is 0 Å². The highest BCUT2D eigenvalue weighted by Crippen LogP contribution is 2.05. The van der Waals surface area contributed by atoms with E-state index in [0.717, 1.165) is 6.42 Å². The van der Waals surface area contributed by atoms with Crippen molar-refractivity contribution in [2.24, 2.45) is 5.73 Å². The van der Waals surface area contributed by atoms with Gasteiger partial charge in [-0.1, -0.05) is 54.7 Å². The summed E-state index contributed by atoms with van der Waals surface area (Å²) in [6, 6.07) is 17.1. The first-order valence-electron chi connectivity index (χ1n) is 6.39. The van der Waals surface area contributed by atoms with E-state index in [4.69, 9.17) is 18.0 Å². The molecular weight excluding hydrogens is 268 g/mol. The predicted octanol–water partition coefficient (Wildman–Crippen LogP) is 2.29. The molecule has 3 nitrogen and oxygen atoms in total. The van der Waals surface area contributed by atoms with Gasteiger partial charge in [0, 0.05) is 17.7 Å². The van der Waals surface area contributed by atoms with Gasteiger partial charge >= 0.3 is 0 Å². The molecule has 0 saturated carbocycles. The summed E-state index contributed by atoms with van der Waals surface area (Å²) in [5.41, 5.74) is 8.03. The minimum Gasteiger partial charge on any atom is -0.389 e. The first kappa shape index (κ1) is 14.2. The lowest BCUT2D eigenvalue weighted by Gasteiger charge is -2.06. The van der Waals surface area contributed by atoms with Crippen LogP contribution in [0.3, 0.4) is 0 Å². The van der Waals surface area contributed by atoms with Gasteiger partial charge in [-0.3, -0.25) is 4.79 Å². The van der Waals surface area contributed by atoms with Gasteiger partial charge < -0.3 is 11.1 Å². The lowest BCUT2D eigenvalue weighted by atomic mass is 10.1. The zero-order chi connectivity index (χ0) is 14.4. The van der Waals surface area contributed by atoms with Crippen LogP contribution in [0.4, 0.5) is 0 Å². The molecule has 2 rings (SSSR count). The molecular formula is C16H16N2OS. The maximum Gasteiger partial charge on any atom is 0.251 e. The third-order valence-electron chi connectivity index (χ3n) is 2.95. The Bertz CT molecular complexity index is 611. The molecule has 0 fully saturated rings. The van der Waals surface area contributed by atoms with Crippen LogP contribution in [0.15, 0.2) is 54.6 Å². The molecule has 4 heteroatoms. The van der Waals surface area contributed by atoms with Crippen LogP contribution in [0.2, 0.25) is 0 Å². The summed E-state index contributed by atoms with van der Waals surface area (Å²) in [4.78, 5) is 12.3. The van der Waals surface area contributed by atoms with Crippen LogP contribution in [0.1, 0.15) is 21.5 Å². The van der Waals surface area contributed by atoms with E-state index in [1.54, 1.807) is 24.3 Å². The van der Waals surface area contributed by atoms with Crippen molar-refractivity contribution in [3.63, 3.8) is 0 Å². The topological polar surface area (TPSA) is 55.1 Å².